The van der Waals surface area contributed by atoms with Crippen LogP contribution in [-0.4, -0.2) is 10.8 Å². The molecule has 0 saturated heterocycles. The minimum Gasteiger partial charge on any atom is -0.344 e. The second-order valence-electron chi connectivity index (χ2n) is 7.24. The largest absolute Gasteiger partial charge is 0.344 e. The van der Waals surface area contributed by atoms with E-state index in [1.807, 2.05) is 6.21 Å². The molecule has 0 aliphatic heterocycles. The highest BCUT2D eigenvalue weighted by molar-refractivity contribution is 5.82. The molecule has 0 N–H and O–H groups in total. The maximum Gasteiger partial charge on any atom is 0.0836 e. The summed E-state index contributed by atoms with van der Waals surface area (Å²) in [6.45, 7) is 19.6. The summed E-state index contributed by atoms with van der Waals surface area (Å²) in [5.74, 6) is 0. The predicted octanol–water partition coefficient (Wildman–Crippen LogP) is 5.64. The fraction of sp³-hybridized carbons (Fsp3) is 0.611. The van der Waals surface area contributed by atoms with Crippen molar-refractivity contribution >= 4 is 11.9 Å². The van der Waals surface area contributed by atoms with Crippen LogP contribution in [-0.2, 0) is 5.54 Å². The molecule has 0 spiro atoms. The lowest BCUT2D eigenvalue weighted by molar-refractivity contribution is 0.391. The van der Waals surface area contributed by atoms with Gasteiger partial charge in [-0.25, -0.2) is 0 Å². The molecule has 1 heterocycles. The van der Waals surface area contributed by atoms with E-state index in [1.54, 1.807) is 0 Å². The third kappa shape index (κ3) is 3.84. The molecule has 0 amide bonds. The second kappa shape index (κ2) is 5.99. The van der Waals surface area contributed by atoms with Gasteiger partial charge >= 0.3 is 0 Å². The Balaban J connectivity index is 2.92. The molecule has 0 aliphatic rings. The lowest BCUT2D eigenvalue weighted by atomic mass is 9.81. The van der Waals surface area contributed by atoms with Crippen LogP contribution in [0.2, 0.25) is 0 Å². The van der Waals surface area contributed by atoms with Crippen LogP contribution in [0.5, 0.6) is 0 Å². The van der Waals surface area contributed by atoms with Crippen molar-refractivity contribution in [2.24, 2.45) is 10.4 Å². The molecule has 1 aromatic rings. The molecular weight excluding hydrogens is 244 g/mol. The lowest BCUT2D eigenvalue weighted by Crippen LogP contribution is -2.21. The first kappa shape index (κ1) is 16.7. The van der Waals surface area contributed by atoms with Crippen LogP contribution in [0.3, 0.4) is 0 Å². The highest BCUT2D eigenvalue weighted by atomic mass is 15.1. The van der Waals surface area contributed by atoms with Gasteiger partial charge in [0, 0.05) is 23.6 Å². The molecular formula is C18H30N2. The van der Waals surface area contributed by atoms with Gasteiger partial charge in [-0.15, -0.1) is 0 Å². The number of aromatic nitrogens is 1. The van der Waals surface area contributed by atoms with Crippen molar-refractivity contribution in [2.45, 2.75) is 66.8 Å². The molecule has 0 bridgehead atoms. The fourth-order valence-corrected chi connectivity index (χ4v) is 2.47. The van der Waals surface area contributed by atoms with Gasteiger partial charge in [-0.1, -0.05) is 33.8 Å². The number of allylic oxidation sites excluding steroid dienone is 1. The predicted molar refractivity (Wildman–Crippen MR) is 90.1 cm³/mol. The van der Waals surface area contributed by atoms with Crippen molar-refractivity contribution in [1.29, 1.82) is 0 Å². The Morgan fingerprint density at radius 3 is 2.35 bits per heavy atom. The van der Waals surface area contributed by atoms with Crippen molar-refractivity contribution in [3.8, 4) is 0 Å². The number of hydrogen-bond acceptors (Lipinski definition) is 1. The number of hydrogen-bond donors (Lipinski definition) is 0. The Morgan fingerprint density at radius 1 is 1.30 bits per heavy atom. The summed E-state index contributed by atoms with van der Waals surface area (Å²) in [6.07, 6.45) is 6.35. The van der Waals surface area contributed by atoms with E-state index in [0.717, 1.165) is 17.7 Å². The Hall–Kier alpha value is -1.31. The van der Waals surface area contributed by atoms with Crippen molar-refractivity contribution < 1.29 is 0 Å². The second-order valence-corrected chi connectivity index (χ2v) is 7.24. The summed E-state index contributed by atoms with van der Waals surface area (Å²) >= 11 is 0. The number of rotatable bonds is 5. The van der Waals surface area contributed by atoms with Crippen LogP contribution in [0.1, 0.15) is 60.1 Å². The minimum atomic E-state index is 0.0936. The topological polar surface area (TPSA) is 17.3 Å². The number of nitrogens with zero attached hydrogens (tertiary/aromatic N) is 2. The van der Waals surface area contributed by atoms with Gasteiger partial charge < -0.3 is 4.57 Å². The zero-order valence-electron chi connectivity index (χ0n) is 14.2. The lowest BCUT2D eigenvalue weighted by Gasteiger charge is -2.24. The Labute approximate surface area is 124 Å². The maximum absolute atomic E-state index is 4.64. The van der Waals surface area contributed by atoms with Crippen molar-refractivity contribution in [2.75, 3.05) is 0 Å². The first-order valence-electron chi connectivity index (χ1n) is 7.51. The van der Waals surface area contributed by atoms with Crippen LogP contribution in [0.4, 0.5) is 5.69 Å². The summed E-state index contributed by atoms with van der Waals surface area (Å²) < 4.78 is 2.26. The minimum absolute atomic E-state index is 0.0936. The molecule has 0 aromatic carbocycles. The molecule has 0 aliphatic carbocycles. The monoisotopic (exact) mass is 274 g/mol. The summed E-state index contributed by atoms with van der Waals surface area (Å²) in [6, 6.07) is 2.08. The van der Waals surface area contributed by atoms with Gasteiger partial charge in [0.1, 0.15) is 0 Å². The normalized spacial score (nSPS) is 13.2. The van der Waals surface area contributed by atoms with Crippen LogP contribution in [0.15, 0.2) is 29.4 Å². The van der Waals surface area contributed by atoms with E-state index in [9.17, 15) is 0 Å². The van der Waals surface area contributed by atoms with Gasteiger partial charge in [-0.3, -0.25) is 4.99 Å². The Morgan fingerprint density at radius 2 is 1.90 bits per heavy atom. The summed E-state index contributed by atoms with van der Waals surface area (Å²) in [7, 11) is 0. The zero-order valence-corrected chi connectivity index (χ0v) is 14.2. The molecule has 1 rings (SSSR count). The first-order valence-corrected chi connectivity index (χ1v) is 7.51. The van der Waals surface area contributed by atoms with E-state index in [2.05, 4.69) is 76.9 Å². The quantitative estimate of drug-likeness (QED) is 0.619. The zero-order chi connectivity index (χ0) is 15.6. The standard InChI is InChI=1S/C18H30N2/c1-9-11-18(7,8)14(2)13-19-16-10-12-20(15(16)3)17(4,5)6/h10,12-13H,2,9,11H2,1,3-8H3/b19-13-. The molecule has 2 nitrogen and oxygen atoms in total. The van der Waals surface area contributed by atoms with Gasteiger partial charge in [-0.2, -0.15) is 0 Å². The molecule has 112 valence electrons. The third-order valence-electron chi connectivity index (χ3n) is 3.94. The van der Waals surface area contributed by atoms with Gasteiger partial charge in [0.25, 0.3) is 0 Å². The molecule has 20 heavy (non-hydrogen) atoms. The van der Waals surface area contributed by atoms with Crippen molar-refractivity contribution in [3.05, 3.63) is 30.1 Å². The molecule has 0 radical (unpaired) electrons. The average Bonchev–Trinajstić information content (AvgIpc) is 2.67. The van der Waals surface area contributed by atoms with Crippen molar-refractivity contribution in [3.63, 3.8) is 0 Å². The molecule has 1 aromatic heterocycles. The van der Waals surface area contributed by atoms with Gasteiger partial charge in [0.15, 0.2) is 0 Å². The SMILES string of the molecule is C=C(/C=N\c1ccn(C(C)(C)C)c1C)C(C)(C)CCC. The van der Waals surface area contributed by atoms with Crippen LogP contribution < -0.4 is 0 Å². The fourth-order valence-electron chi connectivity index (χ4n) is 2.47. The highest BCUT2D eigenvalue weighted by Gasteiger charge is 2.20. The molecule has 0 unspecified atom stereocenters. The molecule has 0 saturated carbocycles. The Kier molecular flexibility index (Phi) is 5.01. The van der Waals surface area contributed by atoms with Gasteiger partial charge in [-0.05, 0) is 51.2 Å². The summed E-state index contributed by atoms with van der Waals surface area (Å²) in [4.78, 5) is 4.64. The van der Waals surface area contributed by atoms with Crippen LogP contribution in [0.25, 0.3) is 0 Å². The average molecular weight is 274 g/mol. The van der Waals surface area contributed by atoms with E-state index in [-0.39, 0.29) is 11.0 Å². The molecule has 2 heteroatoms. The third-order valence-corrected chi connectivity index (χ3v) is 3.94. The maximum atomic E-state index is 4.64. The van der Waals surface area contributed by atoms with Crippen LogP contribution >= 0.6 is 0 Å². The van der Waals surface area contributed by atoms with Crippen molar-refractivity contribution in [1.82, 2.24) is 4.57 Å². The molecule has 0 fully saturated rings. The van der Waals surface area contributed by atoms with E-state index < -0.39 is 0 Å². The van der Waals surface area contributed by atoms with Crippen LogP contribution in [0, 0.1) is 12.3 Å². The van der Waals surface area contributed by atoms with E-state index >= 15 is 0 Å². The summed E-state index contributed by atoms with van der Waals surface area (Å²) in [5, 5.41) is 0. The molecule has 0 atom stereocenters. The Bertz CT molecular complexity index is 496. The first-order chi connectivity index (χ1) is 9.09. The van der Waals surface area contributed by atoms with E-state index in [0.29, 0.717) is 0 Å². The highest BCUT2D eigenvalue weighted by Crippen LogP contribution is 2.31. The van der Waals surface area contributed by atoms with Gasteiger partial charge in [0.2, 0.25) is 0 Å². The summed E-state index contributed by atoms with van der Waals surface area (Å²) in [5.41, 5.74) is 3.56. The van der Waals surface area contributed by atoms with E-state index in [4.69, 9.17) is 0 Å². The van der Waals surface area contributed by atoms with Gasteiger partial charge in [0.05, 0.1) is 5.69 Å². The van der Waals surface area contributed by atoms with E-state index in [1.165, 1.54) is 12.1 Å². The number of aliphatic imine (C=N–C) groups is 1. The smallest absolute Gasteiger partial charge is 0.0836 e.